The molecule has 1 aliphatic heterocycles. The van der Waals surface area contributed by atoms with Crippen LogP contribution in [0.2, 0.25) is 0 Å². The van der Waals surface area contributed by atoms with E-state index in [0.717, 1.165) is 13.1 Å². The molecular formula is C9H18N2O2. The van der Waals surface area contributed by atoms with E-state index in [2.05, 4.69) is 10.3 Å². The molecule has 0 fully saturated rings. The van der Waals surface area contributed by atoms with Crippen molar-refractivity contribution in [2.24, 2.45) is 4.99 Å². The highest BCUT2D eigenvalue weighted by Crippen LogP contribution is 1.68. The molecule has 0 bridgehead atoms. The van der Waals surface area contributed by atoms with Crippen LogP contribution in [0.3, 0.4) is 0 Å². The van der Waals surface area contributed by atoms with Crippen LogP contribution in [0.5, 0.6) is 0 Å². The zero-order valence-corrected chi connectivity index (χ0v) is 8.76. The molecule has 1 aliphatic rings. The molecule has 13 heavy (non-hydrogen) atoms. The minimum absolute atomic E-state index is 0.167. The fourth-order valence-corrected chi connectivity index (χ4v) is 0.323. The number of aliphatic imine (C=N–C) groups is 1. The van der Waals surface area contributed by atoms with Crippen LogP contribution in [0.25, 0.3) is 0 Å². The van der Waals surface area contributed by atoms with E-state index in [-0.39, 0.29) is 11.6 Å². The van der Waals surface area contributed by atoms with Crippen LogP contribution in [-0.2, 0) is 9.59 Å². The maximum Gasteiger partial charge on any atom is 0.126 e. The lowest BCUT2D eigenvalue weighted by molar-refractivity contribution is -0.115. The van der Waals surface area contributed by atoms with Gasteiger partial charge in [-0.2, -0.15) is 0 Å². The molecule has 0 radical (unpaired) electrons. The zero-order chi connectivity index (χ0) is 10.7. The number of ketones is 2. The first-order valence-corrected chi connectivity index (χ1v) is 4.12. The van der Waals surface area contributed by atoms with Gasteiger partial charge in [-0.05, 0) is 27.7 Å². The lowest BCUT2D eigenvalue weighted by atomic mass is 10.6. The van der Waals surface area contributed by atoms with Gasteiger partial charge in [0.05, 0.1) is 12.9 Å². The molecule has 0 aliphatic carbocycles. The quantitative estimate of drug-likeness (QED) is 0.609. The SMILES string of the molecule is C1=NCCN1.CC(C)=O.CC(C)=O. The Kier molecular flexibility index (Phi) is 11.9. The summed E-state index contributed by atoms with van der Waals surface area (Å²) in [5, 5.41) is 2.93. The summed E-state index contributed by atoms with van der Waals surface area (Å²) >= 11 is 0. The molecule has 0 saturated heterocycles. The zero-order valence-electron chi connectivity index (χ0n) is 8.76. The average molecular weight is 186 g/mol. The minimum Gasteiger partial charge on any atom is -0.375 e. The molecule has 0 aromatic carbocycles. The van der Waals surface area contributed by atoms with Gasteiger partial charge < -0.3 is 14.9 Å². The Balaban J connectivity index is 0. The molecule has 1 heterocycles. The third-order valence-electron chi connectivity index (χ3n) is 0.568. The molecule has 0 atom stereocenters. The maximum atomic E-state index is 9.44. The lowest BCUT2D eigenvalue weighted by Gasteiger charge is -1.75. The largest absolute Gasteiger partial charge is 0.375 e. The van der Waals surface area contributed by atoms with Crippen LogP contribution in [0, 0.1) is 0 Å². The van der Waals surface area contributed by atoms with Crippen LogP contribution in [-0.4, -0.2) is 31.0 Å². The summed E-state index contributed by atoms with van der Waals surface area (Å²) < 4.78 is 0. The summed E-state index contributed by atoms with van der Waals surface area (Å²) in [5.74, 6) is 0.333. The van der Waals surface area contributed by atoms with Crippen molar-refractivity contribution in [2.45, 2.75) is 27.7 Å². The molecule has 4 nitrogen and oxygen atoms in total. The number of carbonyl (C=O) groups is 2. The van der Waals surface area contributed by atoms with Gasteiger partial charge in [0.15, 0.2) is 0 Å². The summed E-state index contributed by atoms with van der Waals surface area (Å²) in [6.07, 6.45) is 1.74. The van der Waals surface area contributed by atoms with Gasteiger partial charge in [-0.3, -0.25) is 4.99 Å². The Morgan fingerprint density at radius 3 is 1.62 bits per heavy atom. The summed E-state index contributed by atoms with van der Waals surface area (Å²) in [5.41, 5.74) is 0. The van der Waals surface area contributed by atoms with E-state index < -0.39 is 0 Å². The van der Waals surface area contributed by atoms with Crippen LogP contribution in [0.4, 0.5) is 0 Å². The Morgan fingerprint density at radius 2 is 1.54 bits per heavy atom. The van der Waals surface area contributed by atoms with Crippen LogP contribution >= 0.6 is 0 Å². The van der Waals surface area contributed by atoms with Gasteiger partial charge in [-0.25, -0.2) is 0 Å². The Labute approximate surface area is 79.4 Å². The molecule has 0 aromatic rings. The molecule has 0 unspecified atom stereocenters. The average Bonchev–Trinajstić information content (AvgIpc) is 2.35. The van der Waals surface area contributed by atoms with E-state index >= 15 is 0 Å². The molecule has 4 heteroatoms. The minimum atomic E-state index is 0.167. The highest BCUT2D eigenvalue weighted by atomic mass is 16.1. The number of hydrogen-bond donors (Lipinski definition) is 1. The summed E-state index contributed by atoms with van der Waals surface area (Å²) in [7, 11) is 0. The van der Waals surface area contributed by atoms with Gasteiger partial charge in [-0.15, -0.1) is 0 Å². The number of Topliss-reactive ketones (excluding diaryl/α,β-unsaturated/α-hetero) is 2. The summed E-state index contributed by atoms with van der Waals surface area (Å²) in [6, 6.07) is 0. The topological polar surface area (TPSA) is 58.5 Å². The Bertz CT molecular complexity index is 150. The first kappa shape index (κ1) is 14.3. The standard InChI is InChI=1S/C3H6N2.2C3H6O/c1-2-5-3-4-1;2*1-3(2)4/h3H,1-2H2,(H,4,5);2*1-2H3. The van der Waals surface area contributed by atoms with E-state index in [1.54, 1.807) is 6.34 Å². The van der Waals surface area contributed by atoms with E-state index in [1.807, 2.05) is 0 Å². The fourth-order valence-electron chi connectivity index (χ4n) is 0.323. The first-order chi connectivity index (χ1) is 5.96. The van der Waals surface area contributed by atoms with Crippen molar-refractivity contribution in [2.75, 3.05) is 13.1 Å². The van der Waals surface area contributed by atoms with Crippen LogP contribution < -0.4 is 5.32 Å². The second kappa shape index (κ2) is 10.8. The second-order valence-corrected chi connectivity index (χ2v) is 2.81. The van der Waals surface area contributed by atoms with Crippen molar-refractivity contribution in [1.29, 1.82) is 0 Å². The van der Waals surface area contributed by atoms with Crippen LogP contribution in [0.15, 0.2) is 4.99 Å². The molecule has 0 amide bonds. The van der Waals surface area contributed by atoms with E-state index in [4.69, 9.17) is 0 Å². The Morgan fingerprint density at radius 1 is 1.15 bits per heavy atom. The molecule has 1 rings (SSSR count). The monoisotopic (exact) mass is 186 g/mol. The highest BCUT2D eigenvalue weighted by Gasteiger charge is 1.82. The maximum absolute atomic E-state index is 9.44. The van der Waals surface area contributed by atoms with E-state index in [9.17, 15) is 9.59 Å². The number of nitrogens with one attached hydrogen (secondary N) is 1. The lowest BCUT2D eigenvalue weighted by Crippen LogP contribution is -2.04. The van der Waals surface area contributed by atoms with Crippen LogP contribution in [0.1, 0.15) is 27.7 Å². The second-order valence-electron chi connectivity index (χ2n) is 2.81. The molecule has 0 saturated carbocycles. The van der Waals surface area contributed by atoms with Crippen molar-refractivity contribution < 1.29 is 9.59 Å². The van der Waals surface area contributed by atoms with Crippen molar-refractivity contribution in [1.82, 2.24) is 5.32 Å². The van der Waals surface area contributed by atoms with Crippen molar-refractivity contribution in [3.05, 3.63) is 0 Å². The van der Waals surface area contributed by atoms with Gasteiger partial charge in [-0.1, -0.05) is 0 Å². The smallest absolute Gasteiger partial charge is 0.126 e. The van der Waals surface area contributed by atoms with Gasteiger partial charge >= 0.3 is 0 Å². The van der Waals surface area contributed by atoms with Crippen molar-refractivity contribution in [3.63, 3.8) is 0 Å². The molecule has 0 spiro atoms. The molecular weight excluding hydrogens is 168 g/mol. The fraction of sp³-hybridized carbons (Fsp3) is 0.667. The number of nitrogens with zero attached hydrogens (tertiary/aromatic N) is 1. The van der Waals surface area contributed by atoms with Gasteiger partial charge in [0.2, 0.25) is 0 Å². The molecule has 1 N–H and O–H groups in total. The van der Waals surface area contributed by atoms with Crippen molar-refractivity contribution >= 4 is 17.9 Å². The third-order valence-corrected chi connectivity index (χ3v) is 0.568. The van der Waals surface area contributed by atoms with Gasteiger partial charge in [0.25, 0.3) is 0 Å². The molecule has 76 valence electrons. The predicted molar refractivity (Wildman–Crippen MR) is 54.1 cm³/mol. The number of rotatable bonds is 0. The summed E-state index contributed by atoms with van der Waals surface area (Å²) in [6.45, 7) is 8.10. The van der Waals surface area contributed by atoms with E-state index in [1.165, 1.54) is 27.7 Å². The third kappa shape index (κ3) is 57.8. The van der Waals surface area contributed by atoms with Crippen molar-refractivity contribution in [3.8, 4) is 0 Å². The predicted octanol–water partition coefficient (Wildman–Crippen LogP) is 0.808. The number of hydrogen-bond acceptors (Lipinski definition) is 4. The normalized spacial score (nSPS) is 11.4. The first-order valence-electron chi connectivity index (χ1n) is 4.12. The Hall–Kier alpha value is -1.19. The summed E-state index contributed by atoms with van der Waals surface area (Å²) in [4.78, 5) is 22.7. The van der Waals surface area contributed by atoms with Gasteiger partial charge in [0.1, 0.15) is 11.6 Å². The highest BCUT2D eigenvalue weighted by molar-refractivity contribution is 5.72. The van der Waals surface area contributed by atoms with E-state index in [0.29, 0.717) is 0 Å². The number of carbonyl (C=O) groups excluding carboxylic acids is 2. The van der Waals surface area contributed by atoms with Gasteiger partial charge in [0, 0.05) is 6.54 Å². The molecule has 0 aromatic heterocycles.